The minimum atomic E-state index is -0.107. The van der Waals surface area contributed by atoms with Crippen molar-refractivity contribution in [3.8, 4) is 0 Å². The Morgan fingerprint density at radius 2 is 2.44 bits per heavy atom. The molecular formula is C9H14N5OS. The molecule has 0 bridgehead atoms. The first-order valence-corrected chi connectivity index (χ1v) is 5.64. The topological polar surface area (TPSA) is 118 Å². The van der Waals surface area contributed by atoms with Crippen LogP contribution in [0.1, 0.15) is 22.6 Å². The van der Waals surface area contributed by atoms with Crippen LogP contribution in [0.3, 0.4) is 0 Å². The number of Topliss-reactive ketones (excluding diaryl/α,β-unsaturated/α-hetero) is 1. The van der Waals surface area contributed by atoms with Gasteiger partial charge >= 0.3 is 0 Å². The summed E-state index contributed by atoms with van der Waals surface area (Å²) >= 11 is 1.24. The zero-order chi connectivity index (χ0) is 12.0. The SMILES string of the molecule is N=C(N)NCCC[CH]C(=O)c1nc(N)cs1. The molecule has 0 saturated carbocycles. The quantitative estimate of drug-likeness (QED) is 0.248. The summed E-state index contributed by atoms with van der Waals surface area (Å²) in [6, 6.07) is 0. The molecule has 1 rings (SSSR count). The molecule has 1 aromatic rings. The fraction of sp³-hybridized carbons (Fsp3) is 0.333. The molecule has 0 unspecified atom stereocenters. The largest absolute Gasteiger partial charge is 0.383 e. The van der Waals surface area contributed by atoms with E-state index in [0.717, 1.165) is 6.42 Å². The molecule has 0 atom stereocenters. The number of carbonyl (C=O) groups is 1. The van der Waals surface area contributed by atoms with Gasteiger partial charge in [-0.1, -0.05) is 0 Å². The highest BCUT2D eigenvalue weighted by atomic mass is 32.1. The van der Waals surface area contributed by atoms with Crippen LogP contribution in [0.4, 0.5) is 5.82 Å². The third kappa shape index (κ3) is 4.26. The summed E-state index contributed by atoms with van der Waals surface area (Å²) in [5.74, 6) is 0.212. The lowest BCUT2D eigenvalue weighted by molar-refractivity contribution is 0.102. The number of hydrogen-bond acceptors (Lipinski definition) is 5. The Morgan fingerprint density at radius 1 is 1.69 bits per heavy atom. The Hall–Kier alpha value is -1.63. The van der Waals surface area contributed by atoms with Gasteiger partial charge in [-0.25, -0.2) is 4.98 Å². The molecule has 0 aromatic carbocycles. The number of carbonyl (C=O) groups excluding carboxylic acids is 1. The molecule has 0 fully saturated rings. The molecule has 0 aliphatic heterocycles. The molecule has 1 heterocycles. The summed E-state index contributed by atoms with van der Waals surface area (Å²) in [4.78, 5) is 15.4. The summed E-state index contributed by atoms with van der Waals surface area (Å²) < 4.78 is 0. The molecule has 16 heavy (non-hydrogen) atoms. The molecule has 0 amide bonds. The number of guanidine groups is 1. The van der Waals surface area contributed by atoms with Crippen molar-refractivity contribution in [3.05, 3.63) is 16.8 Å². The zero-order valence-electron chi connectivity index (χ0n) is 8.69. The highest BCUT2D eigenvalue weighted by Crippen LogP contribution is 2.13. The van der Waals surface area contributed by atoms with E-state index in [1.54, 1.807) is 11.8 Å². The average Bonchev–Trinajstić information content (AvgIpc) is 2.63. The Labute approximate surface area is 97.6 Å². The van der Waals surface area contributed by atoms with Crippen LogP contribution in [0, 0.1) is 11.8 Å². The summed E-state index contributed by atoms with van der Waals surface area (Å²) in [5.41, 5.74) is 10.5. The highest BCUT2D eigenvalue weighted by Gasteiger charge is 2.09. The Kier molecular flexibility index (Phi) is 4.71. The molecule has 6 nitrogen and oxygen atoms in total. The number of hydrogen-bond donors (Lipinski definition) is 4. The number of anilines is 1. The Morgan fingerprint density at radius 3 is 3.00 bits per heavy atom. The lowest BCUT2D eigenvalue weighted by Crippen LogP contribution is -2.30. The number of nitrogens with zero attached hydrogens (tertiary/aromatic N) is 1. The van der Waals surface area contributed by atoms with Crippen molar-refractivity contribution in [3.63, 3.8) is 0 Å². The van der Waals surface area contributed by atoms with Gasteiger partial charge in [0.25, 0.3) is 0 Å². The highest BCUT2D eigenvalue weighted by molar-refractivity contribution is 7.12. The van der Waals surface area contributed by atoms with Crippen molar-refractivity contribution in [1.82, 2.24) is 10.3 Å². The van der Waals surface area contributed by atoms with Crippen LogP contribution in [0.2, 0.25) is 0 Å². The van der Waals surface area contributed by atoms with E-state index in [4.69, 9.17) is 16.9 Å². The van der Waals surface area contributed by atoms with Gasteiger partial charge in [-0.15, -0.1) is 11.3 Å². The van der Waals surface area contributed by atoms with E-state index in [2.05, 4.69) is 10.3 Å². The van der Waals surface area contributed by atoms with E-state index >= 15 is 0 Å². The molecule has 0 saturated heterocycles. The second-order valence-corrected chi connectivity index (χ2v) is 3.99. The van der Waals surface area contributed by atoms with Crippen LogP contribution in [-0.4, -0.2) is 23.3 Å². The minimum absolute atomic E-state index is 0.0565. The average molecular weight is 240 g/mol. The minimum Gasteiger partial charge on any atom is -0.383 e. The second kappa shape index (κ2) is 6.06. The van der Waals surface area contributed by atoms with Gasteiger partial charge in [-0.05, 0) is 12.8 Å². The first-order chi connectivity index (χ1) is 7.59. The smallest absolute Gasteiger partial charge is 0.195 e. The van der Waals surface area contributed by atoms with Gasteiger partial charge in [0.05, 0.1) is 0 Å². The van der Waals surface area contributed by atoms with Gasteiger partial charge in [-0.3, -0.25) is 10.2 Å². The molecule has 0 aliphatic carbocycles. The van der Waals surface area contributed by atoms with Gasteiger partial charge in [-0.2, -0.15) is 0 Å². The van der Waals surface area contributed by atoms with Gasteiger partial charge in [0.2, 0.25) is 0 Å². The maximum absolute atomic E-state index is 11.5. The number of rotatable bonds is 6. The lowest BCUT2D eigenvalue weighted by Gasteiger charge is -2.01. The summed E-state index contributed by atoms with van der Waals surface area (Å²) in [5, 5.41) is 11.6. The van der Waals surface area contributed by atoms with E-state index < -0.39 is 0 Å². The summed E-state index contributed by atoms with van der Waals surface area (Å²) in [6.45, 7) is 0.582. The normalized spacial score (nSPS) is 10.0. The number of unbranched alkanes of at least 4 members (excludes halogenated alkanes) is 1. The fourth-order valence-corrected chi connectivity index (χ4v) is 1.69. The first-order valence-electron chi connectivity index (χ1n) is 4.76. The summed E-state index contributed by atoms with van der Waals surface area (Å²) in [6.07, 6.45) is 2.94. The van der Waals surface area contributed by atoms with Crippen LogP contribution < -0.4 is 16.8 Å². The Balaban J connectivity index is 2.18. The van der Waals surface area contributed by atoms with E-state index in [-0.39, 0.29) is 11.7 Å². The number of nitrogens with two attached hydrogens (primary N) is 2. The Bertz CT molecular complexity index is 376. The molecule has 87 valence electrons. The van der Waals surface area contributed by atoms with Gasteiger partial charge < -0.3 is 16.8 Å². The van der Waals surface area contributed by atoms with Crippen LogP contribution in [0.5, 0.6) is 0 Å². The lowest BCUT2D eigenvalue weighted by atomic mass is 10.2. The third-order valence-electron chi connectivity index (χ3n) is 1.76. The van der Waals surface area contributed by atoms with Crippen molar-refractivity contribution >= 4 is 28.9 Å². The van der Waals surface area contributed by atoms with E-state index in [1.165, 1.54) is 11.3 Å². The molecule has 0 aliphatic rings. The summed E-state index contributed by atoms with van der Waals surface area (Å²) in [7, 11) is 0. The van der Waals surface area contributed by atoms with Crippen molar-refractivity contribution in [2.45, 2.75) is 12.8 Å². The maximum Gasteiger partial charge on any atom is 0.195 e. The predicted octanol–water partition coefficient (Wildman–Crippen LogP) is 0.376. The molecular weight excluding hydrogens is 226 g/mol. The van der Waals surface area contributed by atoms with E-state index in [9.17, 15) is 4.79 Å². The predicted molar refractivity (Wildman–Crippen MR) is 64.3 cm³/mol. The van der Waals surface area contributed by atoms with E-state index in [0.29, 0.717) is 23.8 Å². The number of aromatic nitrogens is 1. The monoisotopic (exact) mass is 240 g/mol. The number of nitrogen functional groups attached to an aromatic ring is 1. The standard InChI is InChI=1S/C9H14N5OS/c10-7-5-16-8(14-7)6(15)3-1-2-4-13-9(11)12/h3,5H,1-2,4,10H2,(H4,11,12,13). The van der Waals surface area contributed by atoms with Gasteiger partial charge in [0.15, 0.2) is 16.8 Å². The van der Waals surface area contributed by atoms with Gasteiger partial charge in [0.1, 0.15) is 5.82 Å². The van der Waals surface area contributed by atoms with Crippen molar-refractivity contribution in [1.29, 1.82) is 5.41 Å². The molecule has 6 N–H and O–H groups in total. The van der Waals surface area contributed by atoms with E-state index in [1.807, 2.05) is 0 Å². The number of thiazole rings is 1. The van der Waals surface area contributed by atoms with Crippen LogP contribution in [0.15, 0.2) is 5.38 Å². The second-order valence-electron chi connectivity index (χ2n) is 3.13. The van der Waals surface area contributed by atoms with Crippen molar-refractivity contribution < 1.29 is 4.79 Å². The van der Waals surface area contributed by atoms with Crippen LogP contribution in [0.25, 0.3) is 0 Å². The van der Waals surface area contributed by atoms with Crippen LogP contribution >= 0.6 is 11.3 Å². The number of ketones is 1. The zero-order valence-corrected chi connectivity index (χ0v) is 9.51. The molecule has 0 spiro atoms. The first kappa shape index (κ1) is 12.4. The van der Waals surface area contributed by atoms with Crippen molar-refractivity contribution in [2.75, 3.05) is 12.3 Å². The number of nitrogens with one attached hydrogen (secondary N) is 2. The molecule has 1 aromatic heterocycles. The van der Waals surface area contributed by atoms with Crippen LogP contribution in [-0.2, 0) is 0 Å². The van der Waals surface area contributed by atoms with Crippen molar-refractivity contribution in [2.24, 2.45) is 5.73 Å². The maximum atomic E-state index is 11.5. The fourth-order valence-electron chi connectivity index (χ4n) is 1.04. The molecule has 7 heteroatoms. The third-order valence-corrected chi connectivity index (χ3v) is 2.63. The van der Waals surface area contributed by atoms with Gasteiger partial charge in [0, 0.05) is 18.3 Å². The molecule has 1 radical (unpaired) electrons.